The van der Waals surface area contributed by atoms with Crippen LogP contribution in [0.25, 0.3) is 0 Å². The van der Waals surface area contributed by atoms with Gasteiger partial charge in [-0.25, -0.2) is 0 Å². The summed E-state index contributed by atoms with van der Waals surface area (Å²) in [6, 6.07) is 9.56. The third-order valence-electron chi connectivity index (χ3n) is 5.67. The van der Waals surface area contributed by atoms with E-state index in [-0.39, 0.29) is 5.91 Å². The van der Waals surface area contributed by atoms with Gasteiger partial charge < -0.3 is 15.5 Å². The van der Waals surface area contributed by atoms with E-state index in [0.717, 1.165) is 31.6 Å². The Kier molecular flexibility index (Phi) is 4.25. The van der Waals surface area contributed by atoms with Gasteiger partial charge in [0.1, 0.15) is 0 Å². The monoisotopic (exact) mass is 313 g/mol. The van der Waals surface area contributed by atoms with Crippen molar-refractivity contribution < 1.29 is 4.79 Å². The first-order valence-corrected chi connectivity index (χ1v) is 9.18. The fourth-order valence-electron chi connectivity index (χ4n) is 4.62. The van der Waals surface area contributed by atoms with Gasteiger partial charge in [0.05, 0.1) is 11.4 Å². The van der Waals surface area contributed by atoms with Crippen LogP contribution >= 0.6 is 0 Å². The molecule has 0 radical (unpaired) electrons. The molecule has 4 heteroatoms. The second kappa shape index (κ2) is 6.52. The van der Waals surface area contributed by atoms with Crippen LogP contribution in [0.15, 0.2) is 24.3 Å². The maximum Gasteiger partial charge on any atom is 0.224 e. The van der Waals surface area contributed by atoms with Crippen molar-refractivity contribution in [1.29, 1.82) is 0 Å². The van der Waals surface area contributed by atoms with Gasteiger partial charge in [-0.3, -0.25) is 4.79 Å². The van der Waals surface area contributed by atoms with E-state index in [1.54, 1.807) is 0 Å². The molecule has 1 amide bonds. The molecular weight excluding hydrogens is 286 g/mol. The summed E-state index contributed by atoms with van der Waals surface area (Å²) in [5, 5.41) is 6.83. The average Bonchev–Trinajstić information content (AvgIpc) is 3.18. The standard InChI is InChI=1S/C19H27N3O/c23-19(13-14-11-15-7-8-16(12-14)20-15)21-17-5-1-2-6-18(17)22-9-3-4-10-22/h1-2,5-6,14-16,20H,3-4,7-13H2,(H,21,23). The van der Waals surface area contributed by atoms with Crippen molar-refractivity contribution in [2.24, 2.45) is 5.92 Å². The van der Waals surface area contributed by atoms with Crippen LogP contribution < -0.4 is 15.5 Å². The van der Waals surface area contributed by atoms with Crippen molar-refractivity contribution in [3.63, 3.8) is 0 Å². The van der Waals surface area contributed by atoms with Gasteiger partial charge in [0.25, 0.3) is 0 Å². The van der Waals surface area contributed by atoms with Gasteiger partial charge in [-0.05, 0) is 56.6 Å². The summed E-state index contributed by atoms with van der Waals surface area (Å²) in [6.45, 7) is 2.20. The summed E-state index contributed by atoms with van der Waals surface area (Å²) in [4.78, 5) is 14.9. The van der Waals surface area contributed by atoms with Crippen LogP contribution in [0.1, 0.15) is 44.9 Å². The van der Waals surface area contributed by atoms with E-state index in [2.05, 4.69) is 27.7 Å². The highest BCUT2D eigenvalue weighted by Crippen LogP contribution is 2.33. The second-order valence-electron chi connectivity index (χ2n) is 7.44. The molecule has 0 spiro atoms. The lowest BCUT2D eigenvalue weighted by molar-refractivity contribution is -0.117. The van der Waals surface area contributed by atoms with Crippen LogP contribution in [0.2, 0.25) is 0 Å². The van der Waals surface area contributed by atoms with Crippen LogP contribution in [-0.2, 0) is 4.79 Å². The summed E-state index contributed by atoms with van der Waals surface area (Å²) >= 11 is 0. The number of anilines is 2. The number of nitrogens with one attached hydrogen (secondary N) is 2. The maximum atomic E-state index is 12.5. The zero-order valence-corrected chi connectivity index (χ0v) is 13.8. The van der Waals surface area contributed by atoms with E-state index in [1.165, 1.54) is 31.4 Å². The number of nitrogens with zero attached hydrogens (tertiary/aromatic N) is 1. The largest absolute Gasteiger partial charge is 0.370 e. The molecule has 2 unspecified atom stereocenters. The number of para-hydroxylation sites is 2. The Bertz CT molecular complexity index is 555. The highest BCUT2D eigenvalue weighted by atomic mass is 16.1. The lowest BCUT2D eigenvalue weighted by Crippen LogP contribution is -2.39. The van der Waals surface area contributed by atoms with E-state index in [0.29, 0.717) is 24.4 Å². The molecule has 3 fully saturated rings. The van der Waals surface area contributed by atoms with Crippen molar-refractivity contribution in [2.45, 2.75) is 57.0 Å². The molecule has 1 aromatic rings. The van der Waals surface area contributed by atoms with Gasteiger partial charge in [-0.1, -0.05) is 12.1 Å². The van der Waals surface area contributed by atoms with Gasteiger partial charge in [-0.2, -0.15) is 0 Å². The minimum Gasteiger partial charge on any atom is -0.370 e. The molecule has 3 saturated heterocycles. The molecule has 2 atom stereocenters. The Hall–Kier alpha value is -1.55. The predicted molar refractivity (Wildman–Crippen MR) is 93.8 cm³/mol. The van der Waals surface area contributed by atoms with Crippen molar-refractivity contribution in [3.05, 3.63) is 24.3 Å². The van der Waals surface area contributed by atoms with Gasteiger partial charge in [0.2, 0.25) is 5.91 Å². The molecule has 2 N–H and O–H groups in total. The number of carbonyl (C=O) groups excluding carboxylic acids is 1. The zero-order chi connectivity index (χ0) is 15.6. The Morgan fingerprint density at radius 1 is 1.13 bits per heavy atom. The molecule has 4 nitrogen and oxygen atoms in total. The summed E-state index contributed by atoms with van der Waals surface area (Å²) in [6.07, 6.45) is 8.08. The summed E-state index contributed by atoms with van der Waals surface area (Å²) in [5.41, 5.74) is 2.17. The summed E-state index contributed by atoms with van der Waals surface area (Å²) < 4.78 is 0. The highest BCUT2D eigenvalue weighted by Gasteiger charge is 2.34. The van der Waals surface area contributed by atoms with Crippen molar-refractivity contribution >= 4 is 17.3 Å². The first-order chi connectivity index (χ1) is 11.3. The number of carbonyl (C=O) groups is 1. The lowest BCUT2D eigenvalue weighted by atomic mass is 9.89. The number of rotatable bonds is 4. The Morgan fingerprint density at radius 2 is 1.83 bits per heavy atom. The lowest BCUT2D eigenvalue weighted by Gasteiger charge is -2.29. The molecular formula is C19H27N3O. The van der Waals surface area contributed by atoms with Gasteiger partial charge in [-0.15, -0.1) is 0 Å². The maximum absolute atomic E-state index is 12.5. The third-order valence-corrected chi connectivity index (χ3v) is 5.67. The molecule has 4 rings (SSSR count). The second-order valence-corrected chi connectivity index (χ2v) is 7.44. The number of benzene rings is 1. The predicted octanol–water partition coefficient (Wildman–Crippen LogP) is 3.15. The normalized spacial score (nSPS) is 29.7. The first kappa shape index (κ1) is 15.0. The first-order valence-electron chi connectivity index (χ1n) is 9.18. The molecule has 0 aliphatic carbocycles. The van der Waals surface area contributed by atoms with Crippen LogP contribution in [0.5, 0.6) is 0 Å². The molecule has 0 aromatic heterocycles. The minimum atomic E-state index is 0.183. The molecule has 2 bridgehead atoms. The minimum absolute atomic E-state index is 0.183. The topological polar surface area (TPSA) is 44.4 Å². The highest BCUT2D eigenvalue weighted by molar-refractivity contribution is 5.94. The number of hydrogen-bond acceptors (Lipinski definition) is 3. The molecule has 0 saturated carbocycles. The summed E-state index contributed by atoms with van der Waals surface area (Å²) in [7, 11) is 0. The van der Waals surface area contributed by atoms with Crippen molar-refractivity contribution in [3.8, 4) is 0 Å². The molecule has 23 heavy (non-hydrogen) atoms. The van der Waals surface area contributed by atoms with Gasteiger partial charge in [0.15, 0.2) is 0 Å². The number of piperidine rings is 1. The Labute approximate surface area is 138 Å². The average molecular weight is 313 g/mol. The van der Waals surface area contributed by atoms with Gasteiger partial charge >= 0.3 is 0 Å². The van der Waals surface area contributed by atoms with Crippen molar-refractivity contribution in [1.82, 2.24) is 5.32 Å². The SMILES string of the molecule is O=C(CC1CC2CCC(C1)N2)Nc1ccccc1N1CCCC1. The van der Waals surface area contributed by atoms with E-state index < -0.39 is 0 Å². The van der Waals surface area contributed by atoms with E-state index in [9.17, 15) is 4.79 Å². The Morgan fingerprint density at radius 3 is 2.57 bits per heavy atom. The van der Waals surface area contributed by atoms with E-state index in [4.69, 9.17) is 0 Å². The quantitative estimate of drug-likeness (QED) is 0.897. The third kappa shape index (κ3) is 3.37. The molecule has 3 aliphatic heterocycles. The number of fused-ring (bicyclic) bond motifs is 2. The molecule has 3 aliphatic rings. The van der Waals surface area contributed by atoms with Crippen molar-refractivity contribution in [2.75, 3.05) is 23.3 Å². The van der Waals surface area contributed by atoms with Crippen LogP contribution in [0.4, 0.5) is 11.4 Å². The smallest absolute Gasteiger partial charge is 0.224 e. The summed E-state index contributed by atoms with van der Waals surface area (Å²) in [5.74, 6) is 0.732. The number of amides is 1. The van der Waals surface area contributed by atoms with Crippen LogP contribution in [0, 0.1) is 5.92 Å². The number of hydrogen-bond donors (Lipinski definition) is 2. The fourth-order valence-corrected chi connectivity index (χ4v) is 4.62. The Balaban J connectivity index is 1.39. The fraction of sp³-hybridized carbons (Fsp3) is 0.632. The zero-order valence-electron chi connectivity index (χ0n) is 13.8. The van der Waals surface area contributed by atoms with E-state index >= 15 is 0 Å². The molecule has 3 heterocycles. The molecule has 124 valence electrons. The van der Waals surface area contributed by atoms with Gasteiger partial charge in [0, 0.05) is 31.6 Å². The van der Waals surface area contributed by atoms with E-state index in [1.807, 2.05) is 12.1 Å². The molecule has 1 aromatic carbocycles. The van der Waals surface area contributed by atoms with Crippen LogP contribution in [-0.4, -0.2) is 31.1 Å². The van der Waals surface area contributed by atoms with Crippen LogP contribution in [0.3, 0.4) is 0 Å².